The zero-order chi connectivity index (χ0) is 31.2. The second-order valence-corrected chi connectivity index (χ2v) is 10.2. The van der Waals surface area contributed by atoms with Gasteiger partial charge in [-0.1, -0.05) is 91.0 Å². The number of primary amides is 1. The number of aliphatic carboxylic acids is 1. The molecule has 0 fully saturated rings. The Morgan fingerprint density at radius 1 is 0.581 bits per heavy atom. The summed E-state index contributed by atoms with van der Waals surface area (Å²) in [6, 6.07) is 22.1. The van der Waals surface area contributed by atoms with Crippen LogP contribution in [0.3, 0.4) is 0 Å². The van der Waals surface area contributed by atoms with Crippen molar-refractivity contribution in [2.75, 3.05) is 0 Å². The van der Waals surface area contributed by atoms with Crippen LogP contribution in [-0.2, 0) is 43.2 Å². The first-order valence-corrected chi connectivity index (χ1v) is 13.9. The van der Waals surface area contributed by atoms with Crippen molar-refractivity contribution < 1.29 is 29.1 Å². The predicted molar refractivity (Wildman–Crippen MR) is 160 cm³/mol. The van der Waals surface area contributed by atoms with E-state index in [1.807, 2.05) is 30.3 Å². The van der Waals surface area contributed by atoms with Gasteiger partial charge in [-0.05, 0) is 29.5 Å². The number of nitrogens with one attached hydrogen (secondary N) is 3. The monoisotopic (exact) mass is 587 g/mol. The van der Waals surface area contributed by atoms with Gasteiger partial charge in [0.15, 0.2) is 0 Å². The maximum Gasteiger partial charge on any atom is 0.326 e. The first-order chi connectivity index (χ1) is 20.6. The second-order valence-electron chi connectivity index (χ2n) is 10.2. The molecule has 0 bridgehead atoms. The van der Waals surface area contributed by atoms with E-state index in [-0.39, 0.29) is 32.1 Å². The molecular formula is C32H37N5O6. The SMILES string of the molecule is NC(=O)CCC(NC(=O)C(N)Cc1ccccc1)C(=O)NC(Cc1ccccc1)C(=O)NC(Cc1ccccc1)C(=O)O. The highest BCUT2D eigenvalue weighted by Crippen LogP contribution is 2.09. The van der Waals surface area contributed by atoms with E-state index in [4.69, 9.17) is 11.5 Å². The highest BCUT2D eigenvalue weighted by Gasteiger charge is 2.31. The average molecular weight is 588 g/mol. The molecule has 3 aromatic rings. The van der Waals surface area contributed by atoms with Crippen LogP contribution < -0.4 is 27.4 Å². The minimum absolute atomic E-state index is 0.0323. The molecule has 11 heteroatoms. The molecule has 0 saturated carbocycles. The van der Waals surface area contributed by atoms with Crippen molar-refractivity contribution in [2.24, 2.45) is 11.5 Å². The fraction of sp³-hybridized carbons (Fsp3) is 0.281. The van der Waals surface area contributed by atoms with Crippen molar-refractivity contribution in [1.82, 2.24) is 16.0 Å². The molecule has 8 N–H and O–H groups in total. The summed E-state index contributed by atoms with van der Waals surface area (Å²) in [6.45, 7) is 0. The van der Waals surface area contributed by atoms with Crippen LogP contribution >= 0.6 is 0 Å². The summed E-state index contributed by atoms with van der Waals surface area (Å²) in [5, 5.41) is 17.6. The zero-order valence-electron chi connectivity index (χ0n) is 23.6. The number of nitrogens with two attached hydrogens (primary N) is 2. The van der Waals surface area contributed by atoms with Gasteiger partial charge in [-0.2, -0.15) is 0 Å². The first-order valence-electron chi connectivity index (χ1n) is 13.9. The van der Waals surface area contributed by atoms with Crippen molar-refractivity contribution in [1.29, 1.82) is 0 Å². The summed E-state index contributed by atoms with van der Waals surface area (Å²) in [5.74, 6) is -3.99. The van der Waals surface area contributed by atoms with Crippen molar-refractivity contribution >= 4 is 29.6 Å². The fourth-order valence-electron chi connectivity index (χ4n) is 4.45. The van der Waals surface area contributed by atoms with Gasteiger partial charge in [-0.25, -0.2) is 4.79 Å². The topological polar surface area (TPSA) is 194 Å². The molecule has 226 valence electrons. The van der Waals surface area contributed by atoms with E-state index >= 15 is 0 Å². The molecule has 11 nitrogen and oxygen atoms in total. The molecule has 0 spiro atoms. The molecule has 0 saturated heterocycles. The molecular weight excluding hydrogens is 550 g/mol. The maximum absolute atomic E-state index is 13.5. The molecule has 3 aromatic carbocycles. The smallest absolute Gasteiger partial charge is 0.326 e. The zero-order valence-corrected chi connectivity index (χ0v) is 23.6. The van der Waals surface area contributed by atoms with Crippen LogP contribution in [0.5, 0.6) is 0 Å². The number of benzene rings is 3. The fourth-order valence-corrected chi connectivity index (χ4v) is 4.45. The molecule has 0 aliphatic rings. The molecule has 4 unspecified atom stereocenters. The van der Waals surface area contributed by atoms with Crippen LogP contribution in [0, 0.1) is 0 Å². The van der Waals surface area contributed by atoms with E-state index in [1.54, 1.807) is 60.7 Å². The third-order valence-corrected chi connectivity index (χ3v) is 6.76. The molecule has 0 aliphatic heterocycles. The number of hydrogen-bond donors (Lipinski definition) is 6. The van der Waals surface area contributed by atoms with Crippen molar-refractivity contribution in [3.05, 3.63) is 108 Å². The summed E-state index contributed by atoms with van der Waals surface area (Å²) in [4.78, 5) is 63.4. The summed E-state index contributed by atoms with van der Waals surface area (Å²) in [6.07, 6.45) is -0.0468. The molecule has 3 rings (SSSR count). The Balaban J connectivity index is 1.77. The Hall–Kier alpha value is -5.03. The van der Waals surface area contributed by atoms with Crippen LogP contribution in [0.1, 0.15) is 29.5 Å². The lowest BCUT2D eigenvalue weighted by Crippen LogP contribution is -2.58. The number of carbonyl (C=O) groups is 5. The summed E-state index contributed by atoms with van der Waals surface area (Å²) >= 11 is 0. The van der Waals surface area contributed by atoms with Gasteiger partial charge in [0.25, 0.3) is 0 Å². The van der Waals surface area contributed by atoms with Gasteiger partial charge in [0.1, 0.15) is 18.1 Å². The van der Waals surface area contributed by atoms with E-state index in [0.29, 0.717) is 11.1 Å². The second kappa shape index (κ2) is 16.4. The summed E-state index contributed by atoms with van der Waals surface area (Å²) < 4.78 is 0. The van der Waals surface area contributed by atoms with Crippen LogP contribution in [0.2, 0.25) is 0 Å². The van der Waals surface area contributed by atoms with Crippen LogP contribution in [0.15, 0.2) is 91.0 Å². The molecule has 4 atom stereocenters. The van der Waals surface area contributed by atoms with Gasteiger partial charge in [0.2, 0.25) is 23.6 Å². The van der Waals surface area contributed by atoms with Gasteiger partial charge in [-0.3, -0.25) is 19.2 Å². The molecule has 0 aromatic heterocycles. The quantitative estimate of drug-likeness (QED) is 0.143. The Bertz CT molecular complexity index is 1370. The molecule has 0 aliphatic carbocycles. The largest absolute Gasteiger partial charge is 0.480 e. The Kier molecular flexibility index (Phi) is 12.4. The minimum atomic E-state index is -1.26. The normalized spacial score (nSPS) is 13.5. The maximum atomic E-state index is 13.5. The standard InChI is InChI=1S/C32H37N5O6/c33-24(18-21-10-4-1-5-11-21)29(39)35-25(16-17-28(34)38)30(40)36-26(19-22-12-6-2-7-13-22)31(41)37-27(32(42)43)20-23-14-8-3-9-15-23/h1-15,24-27H,16-20,33H2,(H2,34,38)(H,35,39)(H,36,40)(H,37,41)(H,42,43). The van der Waals surface area contributed by atoms with Gasteiger partial charge in [-0.15, -0.1) is 0 Å². The molecule has 4 amide bonds. The minimum Gasteiger partial charge on any atom is -0.480 e. The van der Waals surface area contributed by atoms with E-state index in [1.165, 1.54) is 0 Å². The average Bonchev–Trinajstić information content (AvgIpc) is 2.99. The predicted octanol–water partition coefficient (Wildman–Crippen LogP) is 0.846. The Morgan fingerprint density at radius 2 is 0.977 bits per heavy atom. The number of hydrogen-bond acceptors (Lipinski definition) is 6. The summed E-state index contributed by atoms with van der Waals surface area (Å²) in [7, 11) is 0. The first kappa shape index (κ1) is 32.5. The van der Waals surface area contributed by atoms with Crippen molar-refractivity contribution in [3.63, 3.8) is 0 Å². The highest BCUT2D eigenvalue weighted by molar-refractivity contribution is 5.94. The molecule has 43 heavy (non-hydrogen) atoms. The van der Waals surface area contributed by atoms with Gasteiger partial charge in [0, 0.05) is 19.3 Å². The third kappa shape index (κ3) is 11.0. The highest BCUT2D eigenvalue weighted by atomic mass is 16.4. The van der Waals surface area contributed by atoms with Crippen LogP contribution in [-0.4, -0.2) is 58.9 Å². The molecule has 0 heterocycles. The number of amides is 4. The summed E-state index contributed by atoms with van der Waals surface area (Å²) in [5.41, 5.74) is 13.6. The number of rotatable bonds is 16. The van der Waals surface area contributed by atoms with Gasteiger partial charge < -0.3 is 32.5 Å². The van der Waals surface area contributed by atoms with Gasteiger partial charge in [0.05, 0.1) is 6.04 Å². The van der Waals surface area contributed by atoms with Crippen molar-refractivity contribution in [2.45, 2.75) is 56.3 Å². The van der Waals surface area contributed by atoms with E-state index in [9.17, 15) is 29.1 Å². The Morgan fingerprint density at radius 3 is 1.44 bits per heavy atom. The number of carboxylic acids is 1. The lowest BCUT2D eigenvalue weighted by Gasteiger charge is -2.25. The lowest BCUT2D eigenvalue weighted by molar-refractivity contribution is -0.142. The van der Waals surface area contributed by atoms with E-state index in [2.05, 4.69) is 16.0 Å². The van der Waals surface area contributed by atoms with E-state index in [0.717, 1.165) is 5.56 Å². The van der Waals surface area contributed by atoms with Crippen LogP contribution in [0.25, 0.3) is 0 Å². The number of carboxylic acid groups (broad SMARTS) is 1. The van der Waals surface area contributed by atoms with Crippen molar-refractivity contribution in [3.8, 4) is 0 Å². The third-order valence-electron chi connectivity index (χ3n) is 6.76. The lowest BCUT2D eigenvalue weighted by atomic mass is 10.0. The Labute approximate surface area is 250 Å². The van der Waals surface area contributed by atoms with E-state index < -0.39 is 53.8 Å². The van der Waals surface area contributed by atoms with Crippen LogP contribution in [0.4, 0.5) is 0 Å². The number of carbonyl (C=O) groups excluding carboxylic acids is 4. The molecule has 0 radical (unpaired) electrons. The van der Waals surface area contributed by atoms with Gasteiger partial charge >= 0.3 is 5.97 Å².